The van der Waals surface area contributed by atoms with Gasteiger partial charge in [0.2, 0.25) is 0 Å². The number of pyridine rings is 1. The maximum absolute atomic E-state index is 13.3. The number of aromatic nitrogens is 5. The van der Waals surface area contributed by atoms with Crippen molar-refractivity contribution in [1.29, 1.82) is 0 Å². The van der Waals surface area contributed by atoms with Crippen LogP contribution in [0.3, 0.4) is 0 Å². The Hall–Kier alpha value is -3.01. The van der Waals surface area contributed by atoms with Crippen LogP contribution in [0.4, 0.5) is 16.0 Å². The second kappa shape index (κ2) is 10.5. The molecule has 1 aliphatic heterocycles. The minimum atomic E-state index is -0.601. The van der Waals surface area contributed by atoms with Gasteiger partial charge < -0.3 is 20.3 Å². The van der Waals surface area contributed by atoms with E-state index in [0.29, 0.717) is 24.5 Å². The normalized spacial score (nSPS) is 15.9. The van der Waals surface area contributed by atoms with E-state index in [1.54, 1.807) is 10.7 Å². The second-order valence-corrected chi connectivity index (χ2v) is 9.29. The van der Waals surface area contributed by atoms with E-state index in [1.165, 1.54) is 0 Å². The number of hydrogen-bond donors (Lipinski definition) is 1. The van der Waals surface area contributed by atoms with E-state index >= 15 is 0 Å². The lowest BCUT2D eigenvalue weighted by atomic mass is 10.0. The van der Waals surface area contributed by atoms with Gasteiger partial charge in [-0.15, -0.1) is 5.10 Å². The van der Waals surface area contributed by atoms with Crippen LogP contribution in [0, 0.1) is 6.92 Å². The summed E-state index contributed by atoms with van der Waals surface area (Å²) >= 11 is 0. The Labute approximate surface area is 200 Å². The van der Waals surface area contributed by atoms with Gasteiger partial charge >= 0.3 is 6.01 Å². The molecular formula is C24H35FN8O. The van der Waals surface area contributed by atoms with E-state index in [0.717, 1.165) is 55.0 Å². The molecule has 0 bridgehead atoms. The van der Waals surface area contributed by atoms with Crippen LogP contribution >= 0.6 is 0 Å². The minimum absolute atomic E-state index is 0.0612. The lowest BCUT2D eigenvalue weighted by Gasteiger charge is -2.36. The molecule has 0 spiro atoms. The Bertz CT molecular complexity index is 1110. The maximum Gasteiger partial charge on any atom is 0.336 e. The second-order valence-electron chi connectivity index (χ2n) is 9.29. The maximum atomic E-state index is 13.3. The van der Waals surface area contributed by atoms with Crippen LogP contribution in [0.15, 0.2) is 18.5 Å². The molecule has 3 aromatic heterocycles. The molecule has 1 fully saturated rings. The molecule has 0 unspecified atom stereocenters. The van der Waals surface area contributed by atoms with E-state index in [9.17, 15) is 4.39 Å². The third-order valence-corrected chi connectivity index (χ3v) is 6.48. The Kier molecular flexibility index (Phi) is 7.45. The standard InChI is InChI=1S/C24H35FN8O/c1-5-6-20(13-25)34-24-29-21(26)23-28-15-19(33(23)30-24)12-17-11-16(2)22(27-14-17)32-9-7-18(8-10-32)31(3)4/h11,14-15,18,20H,5-10,12-13H2,1-4H3,(H2,26,29,30)/t20-/m1/s1. The third-order valence-electron chi connectivity index (χ3n) is 6.48. The zero-order chi connectivity index (χ0) is 24.2. The van der Waals surface area contributed by atoms with Crippen LogP contribution in [0.1, 0.15) is 49.4 Å². The van der Waals surface area contributed by atoms with Gasteiger partial charge in [-0.05, 0) is 51.4 Å². The van der Waals surface area contributed by atoms with Crippen molar-refractivity contribution in [3.05, 3.63) is 35.3 Å². The summed E-state index contributed by atoms with van der Waals surface area (Å²) in [5.74, 6) is 1.26. The van der Waals surface area contributed by atoms with Crippen LogP contribution < -0.4 is 15.4 Å². The number of nitrogen functional groups attached to an aromatic ring is 1. The molecule has 10 heteroatoms. The molecule has 184 valence electrons. The summed E-state index contributed by atoms with van der Waals surface area (Å²) in [4.78, 5) is 18.0. The fourth-order valence-electron chi connectivity index (χ4n) is 4.59. The highest BCUT2D eigenvalue weighted by Crippen LogP contribution is 2.25. The predicted octanol–water partition coefficient (Wildman–Crippen LogP) is 3.05. The van der Waals surface area contributed by atoms with Gasteiger partial charge in [-0.1, -0.05) is 19.4 Å². The molecule has 4 rings (SSSR count). The van der Waals surface area contributed by atoms with Gasteiger partial charge in [-0.2, -0.15) is 4.98 Å². The summed E-state index contributed by atoms with van der Waals surface area (Å²) in [7, 11) is 4.30. The van der Waals surface area contributed by atoms with Gasteiger partial charge in [0.05, 0.1) is 11.9 Å². The summed E-state index contributed by atoms with van der Waals surface area (Å²) in [6, 6.07) is 2.87. The number of hydrogen-bond acceptors (Lipinski definition) is 8. The van der Waals surface area contributed by atoms with E-state index < -0.39 is 12.8 Å². The third kappa shape index (κ3) is 5.22. The zero-order valence-electron chi connectivity index (χ0n) is 20.5. The van der Waals surface area contributed by atoms with Gasteiger partial charge in [-0.25, -0.2) is 18.9 Å². The van der Waals surface area contributed by atoms with Crippen molar-refractivity contribution in [2.75, 3.05) is 44.5 Å². The summed E-state index contributed by atoms with van der Waals surface area (Å²) in [5.41, 5.74) is 9.58. The molecule has 0 aliphatic carbocycles. The average Bonchev–Trinajstić information content (AvgIpc) is 3.22. The minimum Gasteiger partial charge on any atom is -0.456 e. The van der Waals surface area contributed by atoms with Crippen molar-refractivity contribution in [3.63, 3.8) is 0 Å². The number of piperidine rings is 1. The van der Waals surface area contributed by atoms with Crippen molar-refractivity contribution < 1.29 is 9.13 Å². The monoisotopic (exact) mass is 470 g/mol. The smallest absolute Gasteiger partial charge is 0.336 e. The van der Waals surface area contributed by atoms with Crippen molar-refractivity contribution in [3.8, 4) is 6.01 Å². The Morgan fingerprint density at radius 2 is 2.00 bits per heavy atom. The SMILES string of the molecule is CCC[C@H](CF)Oc1nc(N)c2ncc(Cc3cnc(N4CCC(N(C)C)CC4)c(C)c3)n2n1. The summed E-state index contributed by atoms with van der Waals surface area (Å²) in [6.07, 6.45) is 7.32. The molecule has 9 nitrogen and oxygen atoms in total. The highest BCUT2D eigenvalue weighted by atomic mass is 19.1. The summed E-state index contributed by atoms with van der Waals surface area (Å²) in [6.45, 7) is 5.51. The molecule has 0 radical (unpaired) electrons. The predicted molar refractivity (Wildman–Crippen MR) is 131 cm³/mol. The highest BCUT2D eigenvalue weighted by molar-refractivity contribution is 5.60. The first kappa shape index (κ1) is 24.1. The van der Waals surface area contributed by atoms with E-state index in [2.05, 4.69) is 52.0 Å². The topological polar surface area (TPSA) is 97.7 Å². The number of nitrogens with zero attached hydrogens (tertiary/aromatic N) is 7. The van der Waals surface area contributed by atoms with Crippen molar-refractivity contribution in [1.82, 2.24) is 29.5 Å². The van der Waals surface area contributed by atoms with Crippen LogP contribution in [0.25, 0.3) is 5.65 Å². The summed E-state index contributed by atoms with van der Waals surface area (Å²) < 4.78 is 20.5. The van der Waals surface area contributed by atoms with Gasteiger partial charge in [0.1, 0.15) is 18.6 Å². The fourth-order valence-corrected chi connectivity index (χ4v) is 4.59. The first-order valence-electron chi connectivity index (χ1n) is 12.0. The molecular weight excluding hydrogens is 435 g/mol. The first-order valence-corrected chi connectivity index (χ1v) is 12.0. The lowest BCUT2D eigenvalue weighted by molar-refractivity contribution is 0.139. The van der Waals surface area contributed by atoms with Gasteiger partial charge in [0.25, 0.3) is 0 Å². The van der Waals surface area contributed by atoms with Crippen LogP contribution in [0.5, 0.6) is 6.01 Å². The molecule has 0 aromatic carbocycles. The van der Waals surface area contributed by atoms with E-state index in [4.69, 9.17) is 15.5 Å². The van der Waals surface area contributed by atoms with Crippen LogP contribution in [-0.4, -0.2) is 75.5 Å². The number of aryl methyl sites for hydroxylation is 1. The average molecular weight is 471 g/mol. The number of alkyl halides is 1. The van der Waals surface area contributed by atoms with Crippen molar-refractivity contribution in [2.45, 2.75) is 58.1 Å². The van der Waals surface area contributed by atoms with Crippen molar-refractivity contribution in [2.24, 2.45) is 0 Å². The number of imidazole rings is 1. The molecule has 34 heavy (non-hydrogen) atoms. The largest absolute Gasteiger partial charge is 0.456 e. The molecule has 1 aliphatic rings. The molecule has 0 amide bonds. The van der Waals surface area contributed by atoms with Crippen molar-refractivity contribution >= 4 is 17.3 Å². The molecule has 0 saturated carbocycles. The van der Waals surface area contributed by atoms with Crippen LogP contribution in [-0.2, 0) is 6.42 Å². The van der Waals surface area contributed by atoms with E-state index in [1.807, 2.05) is 13.1 Å². The number of halogens is 1. The molecule has 3 aromatic rings. The number of rotatable bonds is 9. The number of nitrogens with two attached hydrogens (primary N) is 1. The van der Waals surface area contributed by atoms with Crippen LogP contribution in [0.2, 0.25) is 0 Å². The van der Waals surface area contributed by atoms with E-state index in [-0.39, 0.29) is 11.8 Å². The van der Waals surface area contributed by atoms with Gasteiger partial charge in [0.15, 0.2) is 11.5 Å². The number of anilines is 2. The van der Waals surface area contributed by atoms with Gasteiger partial charge in [-0.3, -0.25) is 0 Å². The Morgan fingerprint density at radius 1 is 1.24 bits per heavy atom. The molecule has 1 atom stereocenters. The Balaban J connectivity index is 1.51. The first-order chi connectivity index (χ1) is 16.4. The molecule has 1 saturated heterocycles. The summed E-state index contributed by atoms with van der Waals surface area (Å²) in [5, 5.41) is 4.44. The Morgan fingerprint density at radius 3 is 2.65 bits per heavy atom. The quantitative estimate of drug-likeness (QED) is 0.510. The number of fused-ring (bicyclic) bond motifs is 1. The molecule has 4 heterocycles. The molecule has 2 N–H and O–H groups in total. The zero-order valence-corrected chi connectivity index (χ0v) is 20.5. The number of ether oxygens (including phenoxy) is 1. The van der Waals surface area contributed by atoms with Gasteiger partial charge in [0, 0.05) is 31.7 Å². The fraction of sp³-hybridized carbons (Fsp3) is 0.583. The highest BCUT2D eigenvalue weighted by Gasteiger charge is 2.23. The lowest BCUT2D eigenvalue weighted by Crippen LogP contribution is -2.42.